The summed E-state index contributed by atoms with van der Waals surface area (Å²) in [7, 11) is 0. The minimum absolute atomic E-state index is 0.0883. The van der Waals surface area contributed by atoms with Gasteiger partial charge in [0, 0.05) is 11.3 Å². The van der Waals surface area contributed by atoms with Gasteiger partial charge >= 0.3 is 0 Å². The zero-order chi connectivity index (χ0) is 12.5. The van der Waals surface area contributed by atoms with Crippen molar-refractivity contribution < 1.29 is 4.79 Å². The topological polar surface area (TPSA) is 17.1 Å². The van der Waals surface area contributed by atoms with E-state index in [0.29, 0.717) is 11.7 Å². The molecule has 0 aromatic rings. The molecule has 2 fully saturated rings. The van der Waals surface area contributed by atoms with E-state index in [0.717, 1.165) is 31.1 Å². The second-order valence-corrected chi connectivity index (χ2v) is 6.67. The minimum atomic E-state index is 0.0883. The van der Waals surface area contributed by atoms with Gasteiger partial charge in [0.25, 0.3) is 0 Å². The van der Waals surface area contributed by atoms with Gasteiger partial charge in [0.2, 0.25) is 0 Å². The molecule has 0 radical (unpaired) electrons. The van der Waals surface area contributed by atoms with E-state index in [2.05, 4.69) is 20.8 Å². The maximum absolute atomic E-state index is 12.8. The molecule has 2 saturated carbocycles. The summed E-state index contributed by atoms with van der Waals surface area (Å²) in [6.07, 6.45) is 9.54. The van der Waals surface area contributed by atoms with Gasteiger partial charge in [0.15, 0.2) is 0 Å². The molecule has 0 aliphatic heterocycles. The van der Waals surface area contributed by atoms with E-state index in [9.17, 15) is 4.79 Å². The summed E-state index contributed by atoms with van der Waals surface area (Å²) in [6.45, 7) is 6.89. The largest absolute Gasteiger partial charge is 0.299 e. The van der Waals surface area contributed by atoms with Crippen LogP contribution >= 0.6 is 0 Å². The minimum Gasteiger partial charge on any atom is -0.299 e. The molecule has 98 valence electrons. The van der Waals surface area contributed by atoms with Crippen molar-refractivity contribution in [3.05, 3.63) is 0 Å². The zero-order valence-electron chi connectivity index (χ0n) is 11.8. The lowest BCUT2D eigenvalue weighted by Gasteiger charge is -2.36. The van der Waals surface area contributed by atoms with E-state index < -0.39 is 0 Å². The normalized spacial score (nSPS) is 37.0. The lowest BCUT2D eigenvalue weighted by Crippen LogP contribution is -2.37. The van der Waals surface area contributed by atoms with Crippen LogP contribution in [0.5, 0.6) is 0 Å². The SMILES string of the molecule is CCC1(C(=O)C2CCC(C)C(C)C2)CCCC1. The third-order valence-corrected chi connectivity index (χ3v) is 5.73. The first kappa shape index (κ1) is 13.1. The molecule has 3 unspecified atom stereocenters. The summed E-state index contributed by atoms with van der Waals surface area (Å²) in [4.78, 5) is 12.8. The Morgan fingerprint density at radius 2 is 1.76 bits per heavy atom. The summed E-state index contributed by atoms with van der Waals surface area (Å²) in [5.41, 5.74) is 0.0883. The Kier molecular flexibility index (Phi) is 3.95. The lowest BCUT2D eigenvalue weighted by atomic mass is 9.67. The Morgan fingerprint density at radius 3 is 2.29 bits per heavy atom. The molecular formula is C16H28O. The van der Waals surface area contributed by atoms with Crippen molar-refractivity contribution in [2.24, 2.45) is 23.2 Å². The van der Waals surface area contributed by atoms with Crippen LogP contribution in [0.25, 0.3) is 0 Å². The molecule has 1 heteroatoms. The van der Waals surface area contributed by atoms with Crippen molar-refractivity contribution in [1.82, 2.24) is 0 Å². The van der Waals surface area contributed by atoms with Crippen molar-refractivity contribution in [3.8, 4) is 0 Å². The Labute approximate surface area is 106 Å². The standard InChI is InChI=1S/C16H28O/c1-4-16(9-5-6-10-16)15(17)14-8-7-12(2)13(3)11-14/h12-14H,4-11H2,1-3H3. The van der Waals surface area contributed by atoms with E-state index in [1.807, 2.05) is 0 Å². The maximum Gasteiger partial charge on any atom is 0.142 e. The molecule has 2 aliphatic rings. The van der Waals surface area contributed by atoms with E-state index in [1.54, 1.807) is 0 Å². The summed E-state index contributed by atoms with van der Waals surface area (Å²) >= 11 is 0. The first-order valence-corrected chi connectivity index (χ1v) is 7.63. The summed E-state index contributed by atoms with van der Waals surface area (Å²) in [5, 5.41) is 0. The number of carbonyl (C=O) groups excluding carboxylic acids is 1. The van der Waals surface area contributed by atoms with Crippen LogP contribution < -0.4 is 0 Å². The maximum atomic E-state index is 12.8. The van der Waals surface area contributed by atoms with Crippen LogP contribution in [-0.4, -0.2) is 5.78 Å². The highest BCUT2D eigenvalue weighted by Crippen LogP contribution is 2.46. The molecule has 0 bridgehead atoms. The fourth-order valence-electron chi connectivity index (χ4n) is 4.04. The average molecular weight is 236 g/mol. The number of hydrogen-bond donors (Lipinski definition) is 0. The number of Topliss-reactive ketones (excluding diaryl/α,β-unsaturated/α-hetero) is 1. The smallest absolute Gasteiger partial charge is 0.142 e. The van der Waals surface area contributed by atoms with Gasteiger partial charge in [-0.1, -0.05) is 33.6 Å². The molecule has 0 amide bonds. The lowest BCUT2D eigenvalue weighted by molar-refractivity contribution is -0.134. The van der Waals surface area contributed by atoms with Crippen molar-refractivity contribution in [3.63, 3.8) is 0 Å². The average Bonchev–Trinajstić information content (AvgIpc) is 2.81. The highest BCUT2D eigenvalue weighted by atomic mass is 16.1. The highest BCUT2D eigenvalue weighted by molar-refractivity contribution is 5.87. The highest BCUT2D eigenvalue weighted by Gasteiger charge is 2.43. The van der Waals surface area contributed by atoms with Crippen molar-refractivity contribution in [1.29, 1.82) is 0 Å². The van der Waals surface area contributed by atoms with E-state index in [4.69, 9.17) is 0 Å². The molecule has 0 heterocycles. The van der Waals surface area contributed by atoms with Crippen LogP contribution in [0.3, 0.4) is 0 Å². The van der Waals surface area contributed by atoms with Crippen molar-refractivity contribution in [2.45, 2.75) is 72.1 Å². The van der Waals surface area contributed by atoms with Gasteiger partial charge in [-0.2, -0.15) is 0 Å². The second kappa shape index (κ2) is 5.12. The molecule has 0 aromatic carbocycles. The van der Waals surface area contributed by atoms with Gasteiger partial charge in [-0.25, -0.2) is 0 Å². The fourth-order valence-corrected chi connectivity index (χ4v) is 4.04. The third kappa shape index (κ3) is 2.44. The Bertz CT molecular complexity index is 275. The molecule has 0 saturated heterocycles. The molecule has 1 nitrogen and oxygen atoms in total. The Balaban J connectivity index is 2.04. The van der Waals surface area contributed by atoms with E-state index in [1.165, 1.54) is 32.1 Å². The van der Waals surface area contributed by atoms with Gasteiger partial charge in [-0.05, 0) is 50.4 Å². The molecule has 2 aliphatic carbocycles. The molecule has 0 aromatic heterocycles. The van der Waals surface area contributed by atoms with Crippen molar-refractivity contribution >= 4 is 5.78 Å². The molecule has 3 atom stereocenters. The quantitative estimate of drug-likeness (QED) is 0.700. The van der Waals surface area contributed by atoms with Crippen LogP contribution in [0.2, 0.25) is 0 Å². The van der Waals surface area contributed by atoms with Gasteiger partial charge in [-0.15, -0.1) is 0 Å². The van der Waals surface area contributed by atoms with E-state index in [-0.39, 0.29) is 5.41 Å². The molecule has 2 rings (SSSR count). The van der Waals surface area contributed by atoms with Crippen LogP contribution in [0.1, 0.15) is 72.1 Å². The zero-order valence-corrected chi connectivity index (χ0v) is 11.8. The van der Waals surface area contributed by atoms with Gasteiger partial charge in [0.1, 0.15) is 5.78 Å². The molecule has 0 spiro atoms. The number of ketones is 1. The van der Waals surface area contributed by atoms with Crippen molar-refractivity contribution in [2.75, 3.05) is 0 Å². The third-order valence-electron chi connectivity index (χ3n) is 5.73. The van der Waals surface area contributed by atoms with Gasteiger partial charge in [-0.3, -0.25) is 4.79 Å². The van der Waals surface area contributed by atoms with Crippen LogP contribution in [0.15, 0.2) is 0 Å². The fraction of sp³-hybridized carbons (Fsp3) is 0.938. The van der Waals surface area contributed by atoms with E-state index >= 15 is 0 Å². The molecule has 17 heavy (non-hydrogen) atoms. The Hall–Kier alpha value is -0.330. The van der Waals surface area contributed by atoms with Gasteiger partial charge < -0.3 is 0 Å². The Morgan fingerprint density at radius 1 is 1.12 bits per heavy atom. The summed E-state index contributed by atoms with van der Waals surface area (Å²) in [6, 6.07) is 0. The number of rotatable bonds is 3. The first-order valence-electron chi connectivity index (χ1n) is 7.63. The van der Waals surface area contributed by atoms with Gasteiger partial charge in [0.05, 0.1) is 0 Å². The second-order valence-electron chi connectivity index (χ2n) is 6.67. The van der Waals surface area contributed by atoms with Crippen LogP contribution in [0, 0.1) is 23.2 Å². The summed E-state index contributed by atoms with van der Waals surface area (Å²) < 4.78 is 0. The predicted octanol–water partition coefficient (Wildman–Crippen LogP) is 4.60. The van der Waals surface area contributed by atoms with Crippen LogP contribution in [0.4, 0.5) is 0 Å². The summed E-state index contributed by atoms with van der Waals surface area (Å²) in [5.74, 6) is 2.59. The monoisotopic (exact) mass is 236 g/mol. The number of carbonyl (C=O) groups is 1. The first-order chi connectivity index (χ1) is 8.09. The molecule has 0 N–H and O–H groups in total. The number of hydrogen-bond acceptors (Lipinski definition) is 1. The molecular weight excluding hydrogens is 208 g/mol. The van der Waals surface area contributed by atoms with Crippen LogP contribution in [-0.2, 0) is 4.79 Å². The predicted molar refractivity (Wildman–Crippen MR) is 71.9 cm³/mol.